The second kappa shape index (κ2) is 6.43. The molecule has 0 atom stereocenters. The summed E-state index contributed by atoms with van der Waals surface area (Å²) in [6, 6.07) is 7.06. The van der Waals surface area contributed by atoms with E-state index >= 15 is 0 Å². The quantitative estimate of drug-likeness (QED) is 0.758. The molecule has 0 fully saturated rings. The van der Waals surface area contributed by atoms with Crippen molar-refractivity contribution >= 4 is 23.2 Å². The maximum Gasteiger partial charge on any atom is 0.224 e. The molecule has 1 aromatic carbocycles. The van der Waals surface area contributed by atoms with E-state index in [1.165, 1.54) is 0 Å². The number of unbranched alkanes of at least 4 members (excludes halogenated alkanes) is 1. The second-order valence-electron chi connectivity index (χ2n) is 3.30. The lowest BCUT2D eigenvalue weighted by atomic mass is 10.2. The number of hydrogen-bond donors (Lipinski definition) is 2. The molecular formula is C11H15ClN2O. The van der Waals surface area contributed by atoms with E-state index in [-0.39, 0.29) is 5.91 Å². The van der Waals surface area contributed by atoms with Gasteiger partial charge in [-0.1, -0.05) is 11.6 Å². The van der Waals surface area contributed by atoms with Gasteiger partial charge in [-0.05, 0) is 43.7 Å². The van der Waals surface area contributed by atoms with Crippen LogP contribution in [0.5, 0.6) is 0 Å². The summed E-state index contributed by atoms with van der Waals surface area (Å²) < 4.78 is 0. The number of halogens is 1. The van der Waals surface area contributed by atoms with Crippen molar-refractivity contribution in [2.75, 3.05) is 11.9 Å². The Kier molecular flexibility index (Phi) is 5.15. The molecule has 0 aliphatic heterocycles. The van der Waals surface area contributed by atoms with E-state index in [1.807, 2.05) is 0 Å². The molecule has 0 spiro atoms. The highest BCUT2D eigenvalue weighted by atomic mass is 35.5. The zero-order chi connectivity index (χ0) is 11.1. The second-order valence-corrected chi connectivity index (χ2v) is 3.74. The van der Waals surface area contributed by atoms with Crippen LogP contribution >= 0.6 is 11.6 Å². The number of anilines is 1. The number of hydrogen-bond acceptors (Lipinski definition) is 2. The first-order valence-corrected chi connectivity index (χ1v) is 5.35. The van der Waals surface area contributed by atoms with Gasteiger partial charge in [0.05, 0.1) is 0 Å². The zero-order valence-corrected chi connectivity index (χ0v) is 9.26. The average molecular weight is 227 g/mol. The van der Waals surface area contributed by atoms with Crippen molar-refractivity contribution in [3.8, 4) is 0 Å². The van der Waals surface area contributed by atoms with Crippen LogP contribution in [-0.2, 0) is 4.79 Å². The van der Waals surface area contributed by atoms with E-state index in [2.05, 4.69) is 5.32 Å². The molecule has 0 unspecified atom stereocenters. The van der Waals surface area contributed by atoms with Gasteiger partial charge in [-0.25, -0.2) is 0 Å². The molecule has 0 saturated carbocycles. The highest BCUT2D eigenvalue weighted by molar-refractivity contribution is 6.30. The summed E-state index contributed by atoms with van der Waals surface area (Å²) in [4.78, 5) is 11.4. The Balaban J connectivity index is 2.34. The van der Waals surface area contributed by atoms with E-state index in [4.69, 9.17) is 17.3 Å². The van der Waals surface area contributed by atoms with Crippen molar-refractivity contribution in [2.24, 2.45) is 5.73 Å². The minimum atomic E-state index is 0.0192. The summed E-state index contributed by atoms with van der Waals surface area (Å²) in [5.41, 5.74) is 6.11. The van der Waals surface area contributed by atoms with Crippen LogP contribution in [0, 0.1) is 0 Å². The van der Waals surface area contributed by atoms with Gasteiger partial charge in [0.1, 0.15) is 0 Å². The summed E-state index contributed by atoms with van der Waals surface area (Å²) >= 11 is 5.72. The Morgan fingerprint density at radius 2 is 1.93 bits per heavy atom. The van der Waals surface area contributed by atoms with Crippen LogP contribution in [0.1, 0.15) is 19.3 Å². The van der Waals surface area contributed by atoms with Gasteiger partial charge < -0.3 is 11.1 Å². The molecule has 0 bridgehead atoms. The summed E-state index contributed by atoms with van der Waals surface area (Å²) in [6.45, 7) is 0.633. The first-order valence-electron chi connectivity index (χ1n) is 4.98. The Morgan fingerprint density at radius 1 is 1.27 bits per heavy atom. The molecule has 0 aliphatic rings. The van der Waals surface area contributed by atoms with E-state index < -0.39 is 0 Å². The van der Waals surface area contributed by atoms with Crippen LogP contribution < -0.4 is 11.1 Å². The zero-order valence-electron chi connectivity index (χ0n) is 8.50. The van der Waals surface area contributed by atoms with Crippen LogP contribution in [0.3, 0.4) is 0 Å². The molecule has 0 aromatic heterocycles. The molecule has 0 radical (unpaired) electrons. The molecule has 1 aromatic rings. The third-order valence-corrected chi connectivity index (χ3v) is 2.24. The van der Waals surface area contributed by atoms with E-state index in [0.717, 1.165) is 18.5 Å². The molecule has 0 heterocycles. The fourth-order valence-corrected chi connectivity index (χ4v) is 1.31. The molecule has 4 heteroatoms. The summed E-state index contributed by atoms with van der Waals surface area (Å²) in [5, 5.41) is 3.45. The van der Waals surface area contributed by atoms with Crippen molar-refractivity contribution < 1.29 is 4.79 Å². The third kappa shape index (κ3) is 4.81. The lowest BCUT2D eigenvalue weighted by Gasteiger charge is -2.04. The van der Waals surface area contributed by atoms with Crippen LogP contribution in [0.4, 0.5) is 5.69 Å². The van der Waals surface area contributed by atoms with Gasteiger partial charge in [0.15, 0.2) is 0 Å². The summed E-state index contributed by atoms with van der Waals surface area (Å²) in [5.74, 6) is 0.0192. The minimum Gasteiger partial charge on any atom is -0.330 e. The predicted molar refractivity (Wildman–Crippen MR) is 63.0 cm³/mol. The molecule has 3 N–H and O–H groups in total. The smallest absolute Gasteiger partial charge is 0.224 e. The van der Waals surface area contributed by atoms with Gasteiger partial charge in [-0.2, -0.15) is 0 Å². The van der Waals surface area contributed by atoms with Crippen molar-refractivity contribution in [1.82, 2.24) is 0 Å². The van der Waals surface area contributed by atoms with Crippen molar-refractivity contribution in [3.63, 3.8) is 0 Å². The van der Waals surface area contributed by atoms with Gasteiger partial charge in [0.2, 0.25) is 5.91 Å². The fraction of sp³-hybridized carbons (Fsp3) is 0.364. The molecule has 1 amide bonds. The topological polar surface area (TPSA) is 55.1 Å². The van der Waals surface area contributed by atoms with Crippen molar-refractivity contribution in [1.29, 1.82) is 0 Å². The van der Waals surface area contributed by atoms with E-state index in [0.29, 0.717) is 18.0 Å². The molecule has 82 valence electrons. The maximum absolute atomic E-state index is 11.4. The summed E-state index contributed by atoms with van der Waals surface area (Å²) in [7, 11) is 0. The van der Waals surface area contributed by atoms with Gasteiger partial charge in [0.25, 0.3) is 0 Å². The normalized spacial score (nSPS) is 10.0. The van der Waals surface area contributed by atoms with Crippen LogP contribution in [-0.4, -0.2) is 12.5 Å². The van der Waals surface area contributed by atoms with Gasteiger partial charge in [-0.15, -0.1) is 0 Å². The number of carbonyl (C=O) groups excluding carboxylic acids is 1. The molecule has 0 aliphatic carbocycles. The largest absolute Gasteiger partial charge is 0.330 e. The fourth-order valence-electron chi connectivity index (χ4n) is 1.19. The number of carbonyl (C=O) groups is 1. The van der Waals surface area contributed by atoms with Gasteiger partial charge in [0, 0.05) is 17.1 Å². The van der Waals surface area contributed by atoms with Crippen LogP contribution in [0.2, 0.25) is 5.02 Å². The maximum atomic E-state index is 11.4. The number of nitrogens with one attached hydrogen (secondary N) is 1. The van der Waals surface area contributed by atoms with Gasteiger partial charge in [-0.3, -0.25) is 4.79 Å². The van der Waals surface area contributed by atoms with Crippen molar-refractivity contribution in [3.05, 3.63) is 29.3 Å². The van der Waals surface area contributed by atoms with Crippen LogP contribution in [0.25, 0.3) is 0 Å². The Hall–Kier alpha value is -1.06. The Bertz CT molecular complexity index is 311. The first-order chi connectivity index (χ1) is 7.22. The monoisotopic (exact) mass is 226 g/mol. The molecular weight excluding hydrogens is 212 g/mol. The number of benzene rings is 1. The van der Waals surface area contributed by atoms with E-state index in [1.54, 1.807) is 24.3 Å². The lowest BCUT2D eigenvalue weighted by Crippen LogP contribution is -2.11. The average Bonchev–Trinajstić information content (AvgIpc) is 2.22. The standard InChI is InChI=1S/C11H15ClN2O/c12-9-4-6-10(7-5-9)14-11(15)3-1-2-8-13/h4-7H,1-3,8,13H2,(H,14,15). The number of rotatable bonds is 5. The molecule has 0 saturated heterocycles. The molecule has 3 nitrogen and oxygen atoms in total. The Labute approximate surface area is 94.6 Å². The predicted octanol–water partition coefficient (Wildman–Crippen LogP) is 2.41. The number of amides is 1. The Morgan fingerprint density at radius 3 is 2.53 bits per heavy atom. The van der Waals surface area contributed by atoms with Crippen molar-refractivity contribution in [2.45, 2.75) is 19.3 Å². The number of nitrogens with two attached hydrogens (primary N) is 1. The first kappa shape index (κ1) is 12.0. The highest BCUT2D eigenvalue weighted by Crippen LogP contribution is 2.13. The van der Waals surface area contributed by atoms with Crippen LogP contribution in [0.15, 0.2) is 24.3 Å². The molecule has 15 heavy (non-hydrogen) atoms. The SMILES string of the molecule is NCCCCC(=O)Nc1ccc(Cl)cc1. The lowest BCUT2D eigenvalue weighted by molar-refractivity contribution is -0.116. The molecule has 1 rings (SSSR count). The minimum absolute atomic E-state index is 0.0192. The van der Waals surface area contributed by atoms with E-state index in [9.17, 15) is 4.79 Å². The summed E-state index contributed by atoms with van der Waals surface area (Å²) in [6.07, 6.45) is 2.23. The third-order valence-electron chi connectivity index (χ3n) is 1.99. The van der Waals surface area contributed by atoms with Gasteiger partial charge >= 0.3 is 0 Å². The highest BCUT2D eigenvalue weighted by Gasteiger charge is 2.01.